The lowest BCUT2D eigenvalue weighted by atomic mass is 10.1. The number of benzene rings is 1. The summed E-state index contributed by atoms with van der Waals surface area (Å²) in [5, 5.41) is 6.40. The summed E-state index contributed by atoms with van der Waals surface area (Å²) < 4.78 is -1.00. The van der Waals surface area contributed by atoms with Gasteiger partial charge in [-0.1, -0.05) is 29.8 Å². The van der Waals surface area contributed by atoms with Gasteiger partial charge in [-0.25, -0.2) is 0 Å². The molecule has 7 heteroatoms. The molecule has 1 aliphatic carbocycles. The molecule has 1 amide bonds. The van der Waals surface area contributed by atoms with E-state index in [1.165, 1.54) is 0 Å². The molecule has 1 atom stereocenters. The fraction of sp³-hybridized carbons (Fsp3) is 0.385. The number of hydrogen-bond donors (Lipinski definition) is 2. The van der Waals surface area contributed by atoms with Crippen molar-refractivity contribution in [3.8, 4) is 0 Å². The summed E-state index contributed by atoms with van der Waals surface area (Å²) in [6.45, 7) is 2.14. The van der Waals surface area contributed by atoms with Crippen molar-refractivity contribution in [2.24, 2.45) is 5.41 Å². The minimum absolute atomic E-state index is 0.229. The van der Waals surface area contributed by atoms with Crippen LogP contribution in [0, 0.1) is 5.41 Å². The summed E-state index contributed by atoms with van der Waals surface area (Å²) >= 11 is 23.0. The predicted octanol–water partition coefficient (Wildman–Crippen LogP) is 3.41. The van der Waals surface area contributed by atoms with Gasteiger partial charge in [-0.05, 0) is 37.2 Å². The number of nitrogens with one attached hydrogen (secondary N) is 2. The third-order valence-corrected chi connectivity index (χ3v) is 5.10. The Labute approximate surface area is 138 Å². The zero-order valence-electron chi connectivity index (χ0n) is 10.7. The summed E-state index contributed by atoms with van der Waals surface area (Å²) in [6.07, 6.45) is 0.419. The number of rotatable bonds is 3. The Bertz CT molecular complexity index is 564. The van der Waals surface area contributed by atoms with Crippen molar-refractivity contribution < 1.29 is 4.79 Å². The maximum atomic E-state index is 12.0. The van der Waals surface area contributed by atoms with Crippen molar-refractivity contribution in [2.45, 2.75) is 24.2 Å². The number of amides is 1. The van der Waals surface area contributed by atoms with Gasteiger partial charge in [0.15, 0.2) is 5.11 Å². The first-order valence-corrected chi connectivity index (χ1v) is 7.51. The van der Waals surface area contributed by atoms with Gasteiger partial charge in [0.25, 0.3) is 0 Å². The topological polar surface area (TPSA) is 41.1 Å². The minimum atomic E-state index is -1.00. The Morgan fingerprint density at radius 2 is 2.00 bits per heavy atom. The Kier molecular flexibility index (Phi) is 4.50. The maximum absolute atomic E-state index is 12.0. The first kappa shape index (κ1) is 15.8. The van der Waals surface area contributed by atoms with Gasteiger partial charge < -0.3 is 10.6 Å². The number of halogens is 3. The standard InChI is InChI=1S/C13H13Cl3N2OS/c1-12(7-13(12,15)16)10(19)18-11(20)17-6-8-4-2-3-5-9(8)14/h2-5H,6-7H2,1H3,(H2,17,18,19,20)/t12-/m1/s1. The molecule has 0 unspecified atom stereocenters. The normalized spacial score (nSPS) is 23.0. The Balaban J connectivity index is 1.85. The molecule has 1 aromatic carbocycles. The Morgan fingerprint density at radius 1 is 1.40 bits per heavy atom. The summed E-state index contributed by atoms with van der Waals surface area (Å²) in [7, 11) is 0. The SMILES string of the molecule is C[C@]1(C(=O)NC(=S)NCc2ccccc2Cl)CC1(Cl)Cl. The number of alkyl halides is 2. The molecule has 0 heterocycles. The van der Waals surface area contributed by atoms with Crippen molar-refractivity contribution >= 4 is 58.0 Å². The second kappa shape index (κ2) is 5.68. The fourth-order valence-corrected chi connectivity index (χ4v) is 2.82. The van der Waals surface area contributed by atoms with Crippen LogP contribution < -0.4 is 10.6 Å². The molecule has 20 heavy (non-hydrogen) atoms. The van der Waals surface area contributed by atoms with Gasteiger partial charge in [0.2, 0.25) is 5.91 Å². The zero-order chi connectivity index (χ0) is 15.0. The van der Waals surface area contributed by atoms with Gasteiger partial charge in [-0.2, -0.15) is 0 Å². The van der Waals surface area contributed by atoms with Crippen LogP contribution in [-0.4, -0.2) is 15.4 Å². The van der Waals surface area contributed by atoms with Crippen LogP contribution in [0.1, 0.15) is 18.9 Å². The van der Waals surface area contributed by atoms with E-state index < -0.39 is 9.75 Å². The van der Waals surface area contributed by atoms with E-state index in [9.17, 15) is 4.79 Å². The minimum Gasteiger partial charge on any atom is -0.358 e. The number of thiocarbonyl (C=S) groups is 1. The third-order valence-electron chi connectivity index (χ3n) is 3.38. The van der Waals surface area contributed by atoms with Gasteiger partial charge in [-0.15, -0.1) is 23.2 Å². The number of carbonyl (C=O) groups is 1. The van der Waals surface area contributed by atoms with Gasteiger partial charge >= 0.3 is 0 Å². The molecule has 1 fully saturated rings. The highest BCUT2D eigenvalue weighted by Crippen LogP contribution is 2.63. The van der Waals surface area contributed by atoms with Crippen LogP contribution in [0.2, 0.25) is 5.02 Å². The van der Waals surface area contributed by atoms with E-state index in [-0.39, 0.29) is 11.0 Å². The van der Waals surface area contributed by atoms with Crippen molar-refractivity contribution in [1.29, 1.82) is 0 Å². The number of hydrogen-bond acceptors (Lipinski definition) is 2. The van der Waals surface area contributed by atoms with E-state index in [0.29, 0.717) is 18.0 Å². The van der Waals surface area contributed by atoms with E-state index in [1.54, 1.807) is 13.0 Å². The maximum Gasteiger partial charge on any atom is 0.235 e. The van der Waals surface area contributed by atoms with Crippen molar-refractivity contribution in [3.63, 3.8) is 0 Å². The molecule has 1 aromatic rings. The molecule has 1 saturated carbocycles. The monoisotopic (exact) mass is 350 g/mol. The van der Waals surface area contributed by atoms with Crippen LogP contribution in [0.25, 0.3) is 0 Å². The average molecular weight is 352 g/mol. The molecule has 108 valence electrons. The van der Waals surface area contributed by atoms with Crippen molar-refractivity contribution in [2.75, 3.05) is 0 Å². The quantitative estimate of drug-likeness (QED) is 0.647. The Hall–Kier alpha value is -0.550. The molecule has 0 aliphatic heterocycles. The van der Waals surface area contributed by atoms with Gasteiger partial charge in [-0.3, -0.25) is 4.79 Å². The lowest BCUT2D eigenvalue weighted by Crippen LogP contribution is -2.43. The first-order chi connectivity index (χ1) is 9.26. The molecule has 0 radical (unpaired) electrons. The molecule has 0 aromatic heterocycles. The van der Waals surface area contributed by atoms with Gasteiger partial charge in [0.1, 0.15) is 4.33 Å². The number of carbonyl (C=O) groups excluding carboxylic acids is 1. The summed E-state index contributed by atoms with van der Waals surface area (Å²) in [5.74, 6) is -0.279. The molecular formula is C13H13Cl3N2OS. The van der Waals surface area contributed by atoms with Crippen LogP contribution >= 0.6 is 47.0 Å². The molecule has 0 saturated heterocycles. The average Bonchev–Trinajstić information content (AvgIpc) is 2.89. The fourth-order valence-electron chi connectivity index (χ4n) is 1.75. The summed E-state index contributed by atoms with van der Waals surface area (Å²) in [4.78, 5) is 12.0. The van der Waals surface area contributed by atoms with Crippen LogP contribution in [0.15, 0.2) is 24.3 Å². The van der Waals surface area contributed by atoms with Crippen LogP contribution in [0.5, 0.6) is 0 Å². The zero-order valence-corrected chi connectivity index (χ0v) is 13.8. The van der Waals surface area contributed by atoms with Crippen LogP contribution in [0.4, 0.5) is 0 Å². The van der Waals surface area contributed by atoms with Gasteiger partial charge in [0, 0.05) is 11.6 Å². The first-order valence-electron chi connectivity index (χ1n) is 5.97. The largest absolute Gasteiger partial charge is 0.358 e. The molecule has 0 bridgehead atoms. The molecule has 3 nitrogen and oxygen atoms in total. The Morgan fingerprint density at radius 3 is 2.55 bits per heavy atom. The van der Waals surface area contributed by atoms with E-state index in [1.807, 2.05) is 18.2 Å². The van der Waals surface area contributed by atoms with E-state index in [0.717, 1.165) is 5.56 Å². The van der Waals surface area contributed by atoms with Crippen molar-refractivity contribution in [1.82, 2.24) is 10.6 Å². The summed E-state index contributed by atoms with van der Waals surface area (Å²) in [5.41, 5.74) is 0.110. The van der Waals surface area contributed by atoms with Gasteiger partial charge in [0.05, 0.1) is 5.41 Å². The van der Waals surface area contributed by atoms with E-state index in [2.05, 4.69) is 10.6 Å². The second-order valence-corrected chi connectivity index (χ2v) is 7.24. The lowest BCUT2D eigenvalue weighted by molar-refractivity contribution is -0.124. The molecule has 0 spiro atoms. The van der Waals surface area contributed by atoms with Crippen molar-refractivity contribution in [3.05, 3.63) is 34.9 Å². The molecular weight excluding hydrogens is 339 g/mol. The summed E-state index contributed by atoms with van der Waals surface area (Å²) in [6, 6.07) is 7.40. The second-order valence-electron chi connectivity index (χ2n) is 4.94. The molecule has 2 rings (SSSR count). The van der Waals surface area contributed by atoms with E-state index >= 15 is 0 Å². The van der Waals surface area contributed by atoms with Crippen LogP contribution in [-0.2, 0) is 11.3 Å². The smallest absolute Gasteiger partial charge is 0.235 e. The highest BCUT2D eigenvalue weighted by Gasteiger charge is 2.68. The van der Waals surface area contributed by atoms with E-state index in [4.69, 9.17) is 47.0 Å². The lowest BCUT2D eigenvalue weighted by Gasteiger charge is -2.14. The van der Waals surface area contributed by atoms with Crippen LogP contribution in [0.3, 0.4) is 0 Å². The molecule has 1 aliphatic rings. The highest BCUT2D eigenvalue weighted by molar-refractivity contribution is 7.80. The predicted molar refractivity (Wildman–Crippen MR) is 86.2 cm³/mol. The highest BCUT2D eigenvalue weighted by atomic mass is 35.5. The molecule has 2 N–H and O–H groups in total. The third kappa shape index (κ3) is 3.19.